The molecule has 0 aliphatic carbocycles. The summed E-state index contributed by atoms with van der Waals surface area (Å²) in [4.78, 5) is 0. The number of hydrogen-bond acceptors (Lipinski definition) is 3. The van der Waals surface area contributed by atoms with E-state index in [9.17, 15) is 0 Å². The average Bonchev–Trinajstić information content (AvgIpc) is 2.74. The Morgan fingerprint density at radius 2 is 2.00 bits per heavy atom. The van der Waals surface area contributed by atoms with Crippen LogP contribution in [0.4, 0.5) is 11.5 Å². The van der Waals surface area contributed by atoms with Gasteiger partial charge >= 0.3 is 0 Å². The molecule has 1 heterocycles. The Morgan fingerprint density at radius 1 is 1.29 bits per heavy atom. The van der Waals surface area contributed by atoms with E-state index >= 15 is 0 Å². The fraction of sp³-hybridized carbons (Fsp3) is 0.471. The van der Waals surface area contributed by atoms with Crippen LogP contribution < -0.4 is 11.1 Å². The molecule has 1 atom stereocenters. The van der Waals surface area contributed by atoms with Crippen molar-refractivity contribution in [1.29, 1.82) is 0 Å². The first-order valence-electron chi connectivity index (χ1n) is 7.75. The van der Waals surface area contributed by atoms with Crippen LogP contribution in [0.25, 0.3) is 0 Å². The van der Waals surface area contributed by atoms with Crippen molar-refractivity contribution in [2.45, 2.75) is 52.6 Å². The van der Waals surface area contributed by atoms with E-state index in [0.29, 0.717) is 6.04 Å². The molecule has 1 aromatic heterocycles. The summed E-state index contributed by atoms with van der Waals surface area (Å²) in [6.07, 6.45) is 3.18. The number of nitrogens with two attached hydrogens (primary N) is 1. The second-order valence-corrected chi connectivity index (χ2v) is 5.64. The van der Waals surface area contributed by atoms with E-state index in [4.69, 9.17) is 5.73 Å². The monoisotopic (exact) mass is 286 g/mol. The fourth-order valence-corrected chi connectivity index (χ4v) is 2.45. The Kier molecular flexibility index (Phi) is 5.26. The van der Waals surface area contributed by atoms with Gasteiger partial charge in [0.2, 0.25) is 0 Å². The van der Waals surface area contributed by atoms with Crippen LogP contribution in [0.1, 0.15) is 37.9 Å². The molecule has 1 aromatic carbocycles. The van der Waals surface area contributed by atoms with Crippen LogP contribution in [0.15, 0.2) is 30.3 Å². The third-order valence-corrected chi connectivity index (χ3v) is 3.70. The van der Waals surface area contributed by atoms with Gasteiger partial charge in [0.15, 0.2) is 0 Å². The van der Waals surface area contributed by atoms with Crippen molar-refractivity contribution in [3.8, 4) is 0 Å². The van der Waals surface area contributed by atoms with Gasteiger partial charge in [-0.15, -0.1) is 0 Å². The third kappa shape index (κ3) is 4.00. The minimum Gasteiger partial charge on any atom is -0.394 e. The second kappa shape index (κ2) is 7.16. The van der Waals surface area contributed by atoms with Gasteiger partial charge in [0.05, 0.1) is 11.4 Å². The van der Waals surface area contributed by atoms with Crippen LogP contribution in [0.3, 0.4) is 0 Å². The van der Waals surface area contributed by atoms with Gasteiger partial charge in [0.1, 0.15) is 5.82 Å². The zero-order valence-electron chi connectivity index (χ0n) is 13.3. The number of nitrogen functional groups attached to an aromatic ring is 1. The highest BCUT2D eigenvalue weighted by Crippen LogP contribution is 2.24. The normalized spacial score (nSPS) is 12.3. The first-order valence-corrected chi connectivity index (χ1v) is 7.75. The van der Waals surface area contributed by atoms with Crippen molar-refractivity contribution in [2.24, 2.45) is 0 Å². The quantitative estimate of drug-likeness (QED) is 0.817. The largest absolute Gasteiger partial charge is 0.394 e. The zero-order chi connectivity index (χ0) is 15.2. The van der Waals surface area contributed by atoms with Gasteiger partial charge < -0.3 is 11.1 Å². The van der Waals surface area contributed by atoms with Gasteiger partial charge in [0, 0.05) is 12.6 Å². The molecular weight excluding hydrogens is 260 g/mol. The SMILES string of the molecule is CCCn1nc(C)c(N)c1NC(C)CCc1ccccc1. The predicted octanol–water partition coefficient (Wildman–Crippen LogP) is 3.62. The predicted molar refractivity (Wildman–Crippen MR) is 89.5 cm³/mol. The van der Waals surface area contributed by atoms with Gasteiger partial charge in [-0.1, -0.05) is 37.3 Å². The molecule has 0 saturated carbocycles. The number of benzene rings is 1. The highest BCUT2D eigenvalue weighted by Gasteiger charge is 2.14. The summed E-state index contributed by atoms with van der Waals surface area (Å²) in [5, 5.41) is 8.03. The number of aromatic nitrogens is 2. The first-order chi connectivity index (χ1) is 10.1. The molecule has 0 amide bonds. The highest BCUT2D eigenvalue weighted by molar-refractivity contribution is 5.65. The summed E-state index contributed by atoms with van der Waals surface area (Å²) in [5.41, 5.74) is 9.19. The molecule has 0 bridgehead atoms. The Hall–Kier alpha value is -1.97. The number of hydrogen-bond donors (Lipinski definition) is 2. The zero-order valence-corrected chi connectivity index (χ0v) is 13.3. The van der Waals surface area contributed by atoms with Gasteiger partial charge in [-0.05, 0) is 38.7 Å². The van der Waals surface area contributed by atoms with Crippen molar-refractivity contribution in [1.82, 2.24) is 9.78 Å². The maximum Gasteiger partial charge on any atom is 0.148 e. The standard InChI is InChI=1S/C17H26N4/c1-4-12-21-17(16(18)14(3)20-21)19-13(2)10-11-15-8-6-5-7-9-15/h5-9,13,19H,4,10-12,18H2,1-3H3. The Bertz CT molecular complexity index is 560. The van der Waals surface area contributed by atoms with E-state index in [1.165, 1.54) is 5.56 Å². The first kappa shape index (κ1) is 15.4. The molecule has 0 fully saturated rings. The summed E-state index contributed by atoms with van der Waals surface area (Å²) < 4.78 is 1.99. The maximum absolute atomic E-state index is 6.14. The molecule has 0 aliphatic rings. The third-order valence-electron chi connectivity index (χ3n) is 3.70. The van der Waals surface area contributed by atoms with Crippen LogP contribution >= 0.6 is 0 Å². The molecule has 21 heavy (non-hydrogen) atoms. The van der Waals surface area contributed by atoms with Crippen LogP contribution in [0, 0.1) is 6.92 Å². The van der Waals surface area contributed by atoms with Gasteiger partial charge in [-0.25, -0.2) is 4.68 Å². The number of nitrogens with one attached hydrogen (secondary N) is 1. The molecule has 1 unspecified atom stereocenters. The Morgan fingerprint density at radius 3 is 2.67 bits per heavy atom. The Labute approximate surface area is 127 Å². The van der Waals surface area contributed by atoms with Crippen LogP contribution in [-0.2, 0) is 13.0 Å². The van der Waals surface area contributed by atoms with Crippen molar-refractivity contribution in [3.63, 3.8) is 0 Å². The number of anilines is 2. The lowest BCUT2D eigenvalue weighted by Gasteiger charge is -2.17. The minimum atomic E-state index is 0.360. The van der Waals surface area contributed by atoms with E-state index in [1.54, 1.807) is 0 Å². The van der Waals surface area contributed by atoms with Crippen molar-refractivity contribution in [2.75, 3.05) is 11.1 Å². The molecular formula is C17H26N4. The number of rotatable bonds is 7. The van der Waals surface area contributed by atoms with E-state index in [2.05, 4.69) is 54.6 Å². The molecule has 0 radical (unpaired) electrons. The fourth-order valence-electron chi connectivity index (χ4n) is 2.45. The average molecular weight is 286 g/mol. The van der Waals surface area contributed by atoms with Crippen LogP contribution in [0.5, 0.6) is 0 Å². The second-order valence-electron chi connectivity index (χ2n) is 5.64. The molecule has 3 N–H and O–H groups in total. The summed E-state index contributed by atoms with van der Waals surface area (Å²) in [6, 6.07) is 10.9. The molecule has 0 spiro atoms. The van der Waals surface area contributed by atoms with Gasteiger partial charge in [-0.2, -0.15) is 5.10 Å². The maximum atomic E-state index is 6.14. The molecule has 0 aliphatic heterocycles. The summed E-state index contributed by atoms with van der Waals surface area (Å²) >= 11 is 0. The van der Waals surface area contributed by atoms with Crippen LogP contribution in [0.2, 0.25) is 0 Å². The minimum absolute atomic E-state index is 0.360. The lowest BCUT2D eigenvalue weighted by Crippen LogP contribution is -2.19. The van der Waals surface area contributed by atoms with E-state index < -0.39 is 0 Å². The smallest absolute Gasteiger partial charge is 0.148 e. The van der Waals surface area contributed by atoms with Crippen LogP contribution in [-0.4, -0.2) is 15.8 Å². The summed E-state index contributed by atoms with van der Waals surface area (Å²) in [6.45, 7) is 7.20. The van der Waals surface area contributed by atoms with Gasteiger partial charge in [-0.3, -0.25) is 0 Å². The van der Waals surface area contributed by atoms with Crippen molar-refractivity contribution < 1.29 is 0 Å². The van der Waals surface area contributed by atoms with E-state index in [-0.39, 0.29) is 0 Å². The highest BCUT2D eigenvalue weighted by atomic mass is 15.3. The summed E-state index contributed by atoms with van der Waals surface area (Å²) in [5.74, 6) is 0.968. The lowest BCUT2D eigenvalue weighted by atomic mass is 10.1. The van der Waals surface area contributed by atoms with Crippen molar-refractivity contribution >= 4 is 11.5 Å². The Balaban J connectivity index is 1.97. The molecule has 114 valence electrons. The number of nitrogens with zero attached hydrogens (tertiary/aromatic N) is 2. The molecule has 4 nitrogen and oxygen atoms in total. The van der Waals surface area contributed by atoms with E-state index in [0.717, 1.165) is 43.0 Å². The summed E-state index contributed by atoms with van der Waals surface area (Å²) in [7, 11) is 0. The lowest BCUT2D eigenvalue weighted by molar-refractivity contribution is 0.593. The molecule has 2 aromatic rings. The molecule has 4 heteroatoms. The topological polar surface area (TPSA) is 55.9 Å². The number of aryl methyl sites for hydroxylation is 3. The molecule has 2 rings (SSSR count). The van der Waals surface area contributed by atoms with Crippen molar-refractivity contribution in [3.05, 3.63) is 41.6 Å². The van der Waals surface area contributed by atoms with E-state index in [1.807, 2.05) is 11.6 Å². The van der Waals surface area contributed by atoms with Gasteiger partial charge in [0.25, 0.3) is 0 Å². The molecule has 0 saturated heterocycles.